The zero-order valence-electron chi connectivity index (χ0n) is 18.0. The van der Waals surface area contributed by atoms with Crippen LogP contribution in [0.25, 0.3) is 0 Å². The fourth-order valence-corrected chi connectivity index (χ4v) is 3.55. The van der Waals surface area contributed by atoms with Crippen molar-refractivity contribution in [1.82, 2.24) is 10.2 Å². The second-order valence-corrected chi connectivity index (χ2v) is 7.50. The Labute approximate surface area is 197 Å². The van der Waals surface area contributed by atoms with E-state index in [0.29, 0.717) is 5.75 Å². The molecule has 0 saturated carbocycles. The first-order chi connectivity index (χ1) is 14.1. The molecular weight excluding hydrogens is 491 g/mol. The lowest BCUT2D eigenvalue weighted by atomic mass is 10.1. The Morgan fingerprint density at radius 2 is 1.73 bits per heavy atom. The second kappa shape index (κ2) is 11.9. The minimum absolute atomic E-state index is 0. The van der Waals surface area contributed by atoms with Gasteiger partial charge in [0.1, 0.15) is 11.5 Å². The molecule has 1 heterocycles. The summed E-state index contributed by atoms with van der Waals surface area (Å²) < 4.78 is 5.70. The Bertz CT molecular complexity index is 803. The van der Waals surface area contributed by atoms with Crippen molar-refractivity contribution in [3.05, 3.63) is 54.1 Å². The van der Waals surface area contributed by atoms with Gasteiger partial charge >= 0.3 is 0 Å². The Morgan fingerprint density at radius 3 is 2.33 bits per heavy atom. The molecule has 0 spiro atoms. The van der Waals surface area contributed by atoms with Crippen molar-refractivity contribution in [3.8, 4) is 11.5 Å². The van der Waals surface area contributed by atoms with Gasteiger partial charge in [0, 0.05) is 39.8 Å². The van der Waals surface area contributed by atoms with Crippen molar-refractivity contribution in [2.45, 2.75) is 26.4 Å². The number of ether oxygens (including phenoxy) is 1. The van der Waals surface area contributed by atoms with Gasteiger partial charge in [0.25, 0.3) is 0 Å². The predicted octanol–water partition coefficient (Wildman–Crippen LogP) is 3.74. The van der Waals surface area contributed by atoms with Gasteiger partial charge in [-0.1, -0.05) is 24.3 Å². The van der Waals surface area contributed by atoms with Gasteiger partial charge in [-0.05, 0) is 50.1 Å². The first kappa shape index (κ1) is 24.1. The topological polar surface area (TPSA) is 60.3 Å². The summed E-state index contributed by atoms with van der Waals surface area (Å²) in [5.41, 5.74) is 2.17. The quantitative estimate of drug-likeness (QED) is 0.343. The van der Waals surface area contributed by atoms with Crippen LogP contribution >= 0.6 is 24.0 Å². The number of guanidine groups is 1. The van der Waals surface area contributed by atoms with E-state index in [-0.39, 0.29) is 30.1 Å². The minimum Gasteiger partial charge on any atom is -0.506 e. The maximum atomic E-state index is 10.1. The molecule has 164 valence electrons. The molecule has 1 aliphatic heterocycles. The van der Waals surface area contributed by atoms with E-state index >= 15 is 0 Å². The lowest BCUT2D eigenvalue weighted by Crippen LogP contribution is -2.52. The van der Waals surface area contributed by atoms with Gasteiger partial charge < -0.3 is 25.0 Å². The molecule has 0 atom stereocenters. The Balaban J connectivity index is 0.00000320. The molecular formula is C23H33IN4O2. The van der Waals surface area contributed by atoms with Gasteiger partial charge in [-0.25, -0.2) is 0 Å². The molecule has 0 bridgehead atoms. The number of aliphatic imine (C=N–C) groups is 1. The van der Waals surface area contributed by atoms with Crippen LogP contribution in [0.2, 0.25) is 0 Å². The van der Waals surface area contributed by atoms with Crippen LogP contribution in [-0.2, 0) is 6.42 Å². The molecule has 30 heavy (non-hydrogen) atoms. The highest BCUT2D eigenvalue weighted by molar-refractivity contribution is 14.0. The third-order valence-corrected chi connectivity index (χ3v) is 5.01. The molecule has 1 fully saturated rings. The lowest BCUT2D eigenvalue weighted by molar-refractivity contribution is 0.242. The van der Waals surface area contributed by atoms with Crippen LogP contribution in [0.3, 0.4) is 0 Å². The average molecular weight is 524 g/mol. The molecule has 0 aromatic heterocycles. The molecule has 0 aliphatic carbocycles. The first-order valence-corrected chi connectivity index (χ1v) is 10.3. The Kier molecular flexibility index (Phi) is 9.55. The van der Waals surface area contributed by atoms with E-state index in [1.807, 2.05) is 51.2 Å². The van der Waals surface area contributed by atoms with E-state index in [1.54, 1.807) is 6.07 Å². The molecule has 1 saturated heterocycles. The number of halogens is 1. The van der Waals surface area contributed by atoms with Crippen LogP contribution in [0.1, 0.15) is 19.4 Å². The number of rotatable bonds is 6. The molecule has 6 nitrogen and oxygen atoms in total. The van der Waals surface area contributed by atoms with Crippen molar-refractivity contribution in [2.75, 3.05) is 44.7 Å². The Hall–Kier alpha value is -2.16. The third-order valence-electron chi connectivity index (χ3n) is 5.01. The summed E-state index contributed by atoms with van der Waals surface area (Å²) in [5, 5.41) is 13.5. The summed E-state index contributed by atoms with van der Waals surface area (Å²) in [6, 6.07) is 15.8. The predicted molar refractivity (Wildman–Crippen MR) is 135 cm³/mol. The maximum absolute atomic E-state index is 10.1. The summed E-state index contributed by atoms with van der Waals surface area (Å²) in [5.74, 6) is 2.19. The average Bonchev–Trinajstić information content (AvgIpc) is 2.73. The molecule has 2 aromatic carbocycles. The number of benzene rings is 2. The highest BCUT2D eigenvalue weighted by atomic mass is 127. The summed E-state index contributed by atoms with van der Waals surface area (Å²) in [4.78, 5) is 8.94. The lowest BCUT2D eigenvalue weighted by Gasteiger charge is -2.37. The fourth-order valence-electron chi connectivity index (χ4n) is 3.55. The van der Waals surface area contributed by atoms with Gasteiger partial charge in [0.05, 0.1) is 11.8 Å². The summed E-state index contributed by atoms with van der Waals surface area (Å²) in [6.07, 6.45) is 1.12. The number of hydrogen-bond acceptors (Lipinski definition) is 4. The maximum Gasteiger partial charge on any atom is 0.193 e. The number of nitrogens with zero attached hydrogens (tertiary/aromatic N) is 3. The van der Waals surface area contributed by atoms with Crippen molar-refractivity contribution in [3.63, 3.8) is 0 Å². The number of hydrogen-bond donors (Lipinski definition) is 2. The Morgan fingerprint density at radius 1 is 1.07 bits per heavy atom. The molecule has 2 N–H and O–H groups in total. The molecule has 7 heteroatoms. The van der Waals surface area contributed by atoms with Crippen LogP contribution < -0.4 is 15.0 Å². The summed E-state index contributed by atoms with van der Waals surface area (Å²) in [6.45, 7) is 8.35. The number of phenols is 1. The fraction of sp³-hybridized carbons (Fsp3) is 0.435. The highest BCUT2D eigenvalue weighted by Crippen LogP contribution is 2.27. The number of anilines is 1. The highest BCUT2D eigenvalue weighted by Gasteiger charge is 2.21. The van der Waals surface area contributed by atoms with Crippen molar-refractivity contribution in [2.24, 2.45) is 4.99 Å². The largest absolute Gasteiger partial charge is 0.506 e. The molecule has 3 rings (SSSR count). The second-order valence-electron chi connectivity index (χ2n) is 7.50. The van der Waals surface area contributed by atoms with Gasteiger partial charge in [-0.3, -0.25) is 4.99 Å². The standard InChI is InChI=1S/C23H32N4O2.HI/c1-18(2)29-20-10-8-19(9-11-20)12-13-25-23(24-3)27-16-14-26(15-17-27)21-6-4-5-7-22(21)28;/h4-11,18,28H,12-17H2,1-3H3,(H,24,25);1H. The zero-order valence-corrected chi connectivity index (χ0v) is 20.4. The molecule has 0 radical (unpaired) electrons. The number of nitrogens with one attached hydrogen (secondary N) is 1. The molecule has 0 amide bonds. The van der Waals surface area contributed by atoms with Crippen molar-refractivity contribution >= 4 is 35.6 Å². The van der Waals surface area contributed by atoms with E-state index < -0.39 is 0 Å². The van der Waals surface area contributed by atoms with Crippen LogP contribution in [-0.4, -0.2) is 61.8 Å². The number of piperazine rings is 1. The van der Waals surface area contributed by atoms with Gasteiger partial charge in [-0.15, -0.1) is 24.0 Å². The van der Waals surface area contributed by atoms with Gasteiger partial charge in [0.2, 0.25) is 0 Å². The van der Waals surface area contributed by atoms with Gasteiger partial charge in [0.15, 0.2) is 5.96 Å². The molecule has 2 aromatic rings. The number of phenolic OH excluding ortho intramolecular Hbond substituents is 1. The summed E-state index contributed by atoms with van der Waals surface area (Å²) >= 11 is 0. The van der Waals surface area contributed by atoms with Crippen molar-refractivity contribution < 1.29 is 9.84 Å². The smallest absolute Gasteiger partial charge is 0.193 e. The third kappa shape index (κ3) is 6.68. The van der Waals surface area contributed by atoms with Gasteiger partial charge in [-0.2, -0.15) is 0 Å². The van der Waals surface area contributed by atoms with E-state index in [9.17, 15) is 5.11 Å². The van der Waals surface area contributed by atoms with Crippen LogP contribution in [0.4, 0.5) is 5.69 Å². The normalized spacial score (nSPS) is 14.5. The zero-order chi connectivity index (χ0) is 20.6. The van der Waals surface area contributed by atoms with E-state index in [4.69, 9.17) is 4.74 Å². The van der Waals surface area contributed by atoms with E-state index in [2.05, 4.69) is 32.2 Å². The van der Waals surface area contributed by atoms with E-state index in [1.165, 1.54) is 5.56 Å². The molecule has 0 unspecified atom stereocenters. The number of aromatic hydroxyl groups is 1. The van der Waals surface area contributed by atoms with Crippen molar-refractivity contribution in [1.29, 1.82) is 0 Å². The van der Waals surface area contributed by atoms with Crippen LogP contribution in [0, 0.1) is 0 Å². The number of para-hydroxylation sites is 2. The summed E-state index contributed by atoms with van der Waals surface area (Å²) in [7, 11) is 1.83. The van der Waals surface area contributed by atoms with E-state index in [0.717, 1.165) is 56.5 Å². The first-order valence-electron chi connectivity index (χ1n) is 10.3. The van der Waals surface area contributed by atoms with Crippen LogP contribution in [0.5, 0.6) is 11.5 Å². The monoisotopic (exact) mass is 524 g/mol. The minimum atomic E-state index is 0. The van der Waals surface area contributed by atoms with Crippen LogP contribution in [0.15, 0.2) is 53.5 Å². The SMILES string of the molecule is CN=C(NCCc1ccc(OC(C)C)cc1)N1CCN(c2ccccc2O)CC1.I. The molecule has 1 aliphatic rings.